The van der Waals surface area contributed by atoms with E-state index in [0.717, 1.165) is 8.55 Å². The second-order valence-electron chi connectivity index (χ2n) is 9.77. The third-order valence-electron chi connectivity index (χ3n) is 7.35. The molecule has 0 amide bonds. The molecule has 6 aromatic rings. The molecule has 0 N–H and O–H groups in total. The Labute approximate surface area is 205 Å². The van der Waals surface area contributed by atoms with Crippen molar-refractivity contribution in [3.63, 3.8) is 0 Å². The molecule has 1 fully saturated rings. The molecular weight excluding hydrogens is 461 g/mol. The van der Waals surface area contributed by atoms with E-state index >= 15 is 0 Å². The van der Waals surface area contributed by atoms with Gasteiger partial charge in [0.05, 0.1) is 14.2 Å². The minimum Gasteiger partial charge on any atom is -0.413 e. The molecule has 1 heterocycles. The molecule has 5 radical (unpaired) electrons. The number of fused-ring (bicyclic) bond motifs is 6. The molecule has 161 valence electrons. The number of benzene rings is 6. The molecule has 0 spiro atoms. The Morgan fingerprint density at radius 3 is 2.03 bits per heavy atom. The highest BCUT2D eigenvalue weighted by atomic mass is 29.5. The van der Waals surface area contributed by atoms with Gasteiger partial charge in [0.25, 0.3) is 0 Å². The number of rotatable bonds is 1. The highest BCUT2D eigenvalue weighted by Gasteiger charge is 2.37. The van der Waals surface area contributed by atoms with Gasteiger partial charge in [-0.15, -0.1) is 0 Å². The molecular formula is C30H23OSi3. The predicted octanol–water partition coefficient (Wildman–Crippen LogP) is 7.56. The van der Waals surface area contributed by atoms with Crippen molar-refractivity contribution in [2.24, 2.45) is 0 Å². The zero-order valence-corrected chi connectivity index (χ0v) is 22.3. The van der Waals surface area contributed by atoms with E-state index in [1.807, 2.05) is 0 Å². The molecule has 6 aromatic carbocycles. The van der Waals surface area contributed by atoms with Crippen molar-refractivity contribution in [2.45, 2.75) is 25.1 Å². The lowest BCUT2D eigenvalue weighted by atomic mass is 9.85. The summed E-state index contributed by atoms with van der Waals surface area (Å²) in [5.74, 6) is 0. The van der Waals surface area contributed by atoms with Crippen molar-refractivity contribution in [3.05, 3.63) is 96.6 Å². The minimum atomic E-state index is -0.358. The maximum absolute atomic E-state index is 6.63. The Hall–Kier alpha value is -2.77. The molecule has 0 saturated carbocycles. The smallest absolute Gasteiger partial charge is 0.203 e. The van der Waals surface area contributed by atoms with Gasteiger partial charge in [0, 0.05) is 8.31 Å². The molecule has 1 atom stereocenters. The molecule has 1 saturated heterocycles. The maximum Gasteiger partial charge on any atom is 0.203 e. The highest BCUT2D eigenvalue weighted by Crippen LogP contribution is 2.44. The van der Waals surface area contributed by atoms with Crippen molar-refractivity contribution in [1.82, 2.24) is 0 Å². The molecule has 1 aliphatic rings. The van der Waals surface area contributed by atoms with E-state index < -0.39 is 0 Å². The fourth-order valence-corrected chi connectivity index (χ4v) is 13.4. The summed E-state index contributed by atoms with van der Waals surface area (Å²) in [6.45, 7) is 4.83. The van der Waals surface area contributed by atoms with Gasteiger partial charge in [-0.05, 0) is 103 Å². The van der Waals surface area contributed by atoms with Crippen LogP contribution < -0.4 is 0 Å². The lowest BCUT2D eigenvalue weighted by molar-refractivity contribution is 0.121. The molecule has 1 unspecified atom stereocenters. The SMILES string of the molecule is C[Si]1CC(C)(c2c3ccccc3cc3c2ccc2cc4cc5ccccc5cc4cc23)O[Si][Si]1. The first-order chi connectivity index (χ1) is 16.6. The first kappa shape index (κ1) is 20.6. The van der Waals surface area contributed by atoms with Crippen molar-refractivity contribution >= 4 is 80.0 Å². The monoisotopic (exact) mass is 483 g/mol. The van der Waals surface area contributed by atoms with Crippen LogP contribution in [0.2, 0.25) is 12.6 Å². The molecule has 1 nitrogen and oxygen atoms in total. The molecule has 4 heteroatoms. The first-order valence-electron chi connectivity index (χ1n) is 11.8. The van der Waals surface area contributed by atoms with Crippen molar-refractivity contribution in [3.8, 4) is 0 Å². The van der Waals surface area contributed by atoms with Crippen molar-refractivity contribution in [1.29, 1.82) is 0 Å². The Morgan fingerprint density at radius 2 is 1.26 bits per heavy atom. The van der Waals surface area contributed by atoms with E-state index in [0.29, 0.717) is 9.28 Å². The molecule has 7 rings (SSSR count). The van der Waals surface area contributed by atoms with Gasteiger partial charge in [-0.1, -0.05) is 67.2 Å². The average Bonchev–Trinajstić information content (AvgIpc) is 2.84. The second kappa shape index (κ2) is 7.62. The summed E-state index contributed by atoms with van der Waals surface area (Å²) in [4.78, 5) is 0. The van der Waals surface area contributed by atoms with Gasteiger partial charge < -0.3 is 4.43 Å². The minimum absolute atomic E-state index is 0.216. The molecule has 0 bridgehead atoms. The fourth-order valence-electron chi connectivity index (χ4n) is 5.83. The summed E-state index contributed by atoms with van der Waals surface area (Å²) < 4.78 is 6.63. The van der Waals surface area contributed by atoms with Crippen LogP contribution in [0.1, 0.15) is 12.5 Å². The third kappa shape index (κ3) is 3.13. The summed E-state index contributed by atoms with van der Waals surface area (Å²) in [5.41, 5.74) is 1.18. The molecule has 0 aromatic heterocycles. The van der Waals surface area contributed by atoms with Crippen molar-refractivity contribution < 1.29 is 4.43 Å². The maximum atomic E-state index is 6.63. The highest BCUT2D eigenvalue weighted by molar-refractivity contribution is 7.34. The number of hydrogen-bond acceptors (Lipinski definition) is 1. The predicted molar refractivity (Wildman–Crippen MR) is 150 cm³/mol. The van der Waals surface area contributed by atoms with Gasteiger partial charge in [0.1, 0.15) is 0 Å². The van der Waals surface area contributed by atoms with Crippen LogP contribution in [0.3, 0.4) is 0 Å². The Bertz CT molecular complexity index is 1760. The van der Waals surface area contributed by atoms with E-state index in [4.69, 9.17) is 4.43 Å². The van der Waals surface area contributed by atoms with E-state index in [9.17, 15) is 0 Å². The Balaban J connectivity index is 1.60. The first-order valence-corrected chi connectivity index (χ1v) is 17.9. The molecule has 0 aliphatic carbocycles. The normalized spacial score (nSPS) is 19.6. The summed E-state index contributed by atoms with van der Waals surface area (Å²) in [5, 5.41) is 13.2. The van der Waals surface area contributed by atoms with Crippen LogP contribution in [0.25, 0.3) is 53.9 Å². The van der Waals surface area contributed by atoms with E-state index in [-0.39, 0.29) is 13.9 Å². The fraction of sp³-hybridized carbons (Fsp3) is 0.133. The second-order valence-corrected chi connectivity index (χ2v) is 18.5. The Morgan fingerprint density at radius 1 is 0.647 bits per heavy atom. The quantitative estimate of drug-likeness (QED) is 0.133. The summed E-state index contributed by atoms with van der Waals surface area (Å²) in [6, 6.07) is 35.2. The van der Waals surface area contributed by atoms with Crippen LogP contribution in [-0.2, 0) is 10.0 Å². The zero-order valence-electron chi connectivity index (χ0n) is 19.3. The van der Waals surface area contributed by atoms with Gasteiger partial charge in [-0.3, -0.25) is 0 Å². The van der Waals surface area contributed by atoms with Crippen LogP contribution in [0.5, 0.6) is 0 Å². The lowest BCUT2D eigenvalue weighted by Crippen LogP contribution is -2.44. The summed E-state index contributed by atoms with van der Waals surface area (Å²) in [7, 11) is 1.29. The van der Waals surface area contributed by atoms with Crippen LogP contribution in [0, 0.1) is 0 Å². The molecule has 1 aliphatic heterocycles. The summed E-state index contributed by atoms with van der Waals surface area (Å²) >= 11 is 0. The Kier molecular flexibility index (Phi) is 4.61. The molecule has 34 heavy (non-hydrogen) atoms. The lowest BCUT2D eigenvalue weighted by Gasteiger charge is -2.38. The van der Waals surface area contributed by atoms with Crippen LogP contribution in [-0.4, -0.2) is 26.1 Å². The van der Waals surface area contributed by atoms with Crippen LogP contribution in [0.4, 0.5) is 0 Å². The van der Waals surface area contributed by atoms with Gasteiger partial charge in [-0.2, -0.15) is 0 Å². The van der Waals surface area contributed by atoms with Crippen LogP contribution >= 0.6 is 0 Å². The largest absolute Gasteiger partial charge is 0.413 e. The van der Waals surface area contributed by atoms with Gasteiger partial charge in [0.2, 0.25) is 9.28 Å². The number of hydrogen-bond donors (Lipinski definition) is 0. The van der Waals surface area contributed by atoms with Crippen molar-refractivity contribution in [2.75, 3.05) is 0 Å². The average molecular weight is 484 g/mol. The van der Waals surface area contributed by atoms with Crippen LogP contribution in [0.15, 0.2) is 91.0 Å². The third-order valence-corrected chi connectivity index (χ3v) is 16.8. The van der Waals surface area contributed by atoms with E-state index in [1.165, 1.54) is 65.5 Å². The van der Waals surface area contributed by atoms with Gasteiger partial charge in [-0.25, -0.2) is 0 Å². The zero-order chi connectivity index (χ0) is 22.9. The van der Waals surface area contributed by atoms with Gasteiger partial charge in [0.15, 0.2) is 0 Å². The van der Waals surface area contributed by atoms with Gasteiger partial charge >= 0.3 is 0 Å². The topological polar surface area (TPSA) is 9.23 Å². The summed E-state index contributed by atoms with van der Waals surface area (Å²) in [6.07, 6.45) is 0. The van der Waals surface area contributed by atoms with E-state index in [2.05, 4.69) is 104 Å². The van der Waals surface area contributed by atoms with E-state index in [1.54, 1.807) is 0 Å². The standard InChI is InChI=1S/C30H23OSi3/c1-30(18-34(2)33-32-31-30)29-25-10-6-5-9-21(25)16-28-26(29)12-11-22-15-23-13-19-7-3-4-8-20(19)14-24(23)17-27(22)28/h3-17H,18H2,1-2H3.